The van der Waals surface area contributed by atoms with Crippen molar-refractivity contribution in [2.24, 2.45) is 0 Å². The number of aromatic nitrogens is 4. The molecule has 1 N–H and O–H groups in total. The fourth-order valence-electron chi connectivity index (χ4n) is 4.00. The third kappa shape index (κ3) is 4.20. The van der Waals surface area contributed by atoms with Crippen LogP contribution in [0.5, 0.6) is 0 Å². The highest BCUT2D eigenvalue weighted by atomic mass is 32.2. The summed E-state index contributed by atoms with van der Waals surface area (Å²) in [6, 6.07) is 25.0. The molecule has 3 aromatic carbocycles. The molecule has 8 heteroatoms. The van der Waals surface area contributed by atoms with E-state index >= 15 is 0 Å². The van der Waals surface area contributed by atoms with Crippen molar-refractivity contribution in [2.75, 3.05) is 11.1 Å². The van der Waals surface area contributed by atoms with Gasteiger partial charge in [-0.05, 0) is 35.7 Å². The molecular formula is C26H23N5O2S. The first-order valence-electron chi connectivity index (χ1n) is 11.1. The van der Waals surface area contributed by atoms with Crippen LogP contribution >= 0.6 is 11.8 Å². The van der Waals surface area contributed by atoms with Crippen LogP contribution in [0.1, 0.15) is 18.1 Å². The maximum absolute atomic E-state index is 13.3. The molecule has 0 saturated carbocycles. The van der Waals surface area contributed by atoms with Crippen LogP contribution in [-0.2, 0) is 17.8 Å². The second kappa shape index (κ2) is 9.52. The number of aryl methyl sites for hydroxylation is 1. The first-order valence-corrected chi connectivity index (χ1v) is 12.1. The minimum Gasteiger partial charge on any atom is -0.325 e. The van der Waals surface area contributed by atoms with Crippen LogP contribution in [0.3, 0.4) is 0 Å². The number of hydrogen-bond acceptors (Lipinski definition) is 5. The number of nitrogens with zero attached hydrogens (tertiary/aromatic N) is 4. The van der Waals surface area contributed by atoms with Crippen LogP contribution < -0.4 is 10.9 Å². The van der Waals surface area contributed by atoms with Crippen molar-refractivity contribution in [3.05, 3.63) is 100 Å². The molecule has 7 nitrogen and oxygen atoms in total. The highest BCUT2D eigenvalue weighted by Crippen LogP contribution is 2.23. The van der Waals surface area contributed by atoms with E-state index in [0.717, 1.165) is 28.8 Å². The fraction of sp³-hybridized carbons (Fsp3) is 0.154. The maximum Gasteiger partial charge on any atom is 0.263 e. The quantitative estimate of drug-likeness (QED) is 0.358. The average Bonchev–Trinajstić information content (AvgIpc) is 3.30. The Morgan fingerprint density at radius 1 is 0.941 bits per heavy atom. The molecule has 34 heavy (non-hydrogen) atoms. The largest absolute Gasteiger partial charge is 0.325 e. The standard InChI is InChI=1S/C26H23N5O2S/c1-2-19-12-6-8-14-21(19)27-23(32)17-34-26-29-28-25-30(16-18-10-4-3-5-11-18)24(33)20-13-7-9-15-22(20)31(25)26/h3-15H,2,16-17H2,1H3,(H,27,32). The van der Waals surface area contributed by atoms with E-state index in [1.807, 2.05) is 77.2 Å². The van der Waals surface area contributed by atoms with Gasteiger partial charge in [-0.15, -0.1) is 10.2 Å². The summed E-state index contributed by atoms with van der Waals surface area (Å²) in [5, 5.41) is 12.8. The molecule has 1 amide bonds. The zero-order valence-corrected chi connectivity index (χ0v) is 19.5. The van der Waals surface area contributed by atoms with Gasteiger partial charge in [0, 0.05) is 5.69 Å². The Bertz CT molecular complexity index is 1540. The van der Waals surface area contributed by atoms with Crippen LogP contribution in [0, 0.1) is 0 Å². The Hall–Kier alpha value is -3.91. The molecule has 0 spiro atoms. The molecular weight excluding hydrogens is 446 g/mol. The molecule has 0 aliphatic rings. The molecule has 5 aromatic rings. The predicted molar refractivity (Wildman–Crippen MR) is 135 cm³/mol. The maximum atomic E-state index is 13.3. The zero-order chi connectivity index (χ0) is 23.5. The minimum absolute atomic E-state index is 0.121. The Morgan fingerprint density at radius 2 is 1.68 bits per heavy atom. The zero-order valence-electron chi connectivity index (χ0n) is 18.6. The molecule has 0 fully saturated rings. The Labute approximate surface area is 200 Å². The number of para-hydroxylation sites is 2. The topological polar surface area (TPSA) is 81.3 Å². The lowest BCUT2D eigenvalue weighted by atomic mass is 10.1. The monoisotopic (exact) mass is 469 g/mol. The van der Waals surface area contributed by atoms with Gasteiger partial charge in [0.25, 0.3) is 5.56 Å². The molecule has 170 valence electrons. The molecule has 5 rings (SSSR count). The Balaban J connectivity index is 1.49. The van der Waals surface area contributed by atoms with Crippen LogP contribution in [0.2, 0.25) is 0 Å². The Morgan fingerprint density at radius 3 is 2.50 bits per heavy atom. The van der Waals surface area contributed by atoms with E-state index in [2.05, 4.69) is 22.4 Å². The smallest absolute Gasteiger partial charge is 0.263 e. The second-order valence-electron chi connectivity index (χ2n) is 7.86. The van der Waals surface area contributed by atoms with E-state index in [1.165, 1.54) is 11.8 Å². The SMILES string of the molecule is CCc1ccccc1NC(=O)CSc1nnc2n(Cc3ccccc3)c(=O)c3ccccc3n12. The summed E-state index contributed by atoms with van der Waals surface area (Å²) in [5.74, 6) is 0.502. The summed E-state index contributed by atoms with van der Waals surface area (Å²) < 4.78 is 3.49. The van der Waals surface area contributed by atoms with E-state index in [-0.39, 0.29) is 17.2 Å². The predicted octanol–water partition coefficient (Wildman–Crippen LogP) is 4.39. The second-order valence-corrected chi connectivity index (χ2v) is 8.80. The van der Waals surface area contributed by atoms with Gasteiger partial charge in [0.1, 0.15) is 0 Å². The number of amides is 1. The normalized spacial score (nSPS) is 11.2. The van der Waals surface area contributed by atoms with Gasteiger partial charge in [0.05, 0.1) is 23.2 Å². The molecule has 2 heterocycles. The van der Waals surface area contributed by atoms with Crippen molar-refractivity contribution in [3.8, 4) is 0 Å². The van der Waals surface area contributed by atoms with Gasteiger partial charge in [-0.1, -0.05) is 79.3 Å². The van der Waals surface area contributed by atoms with Crippen molar-refractivity contribution in [2.45, 2.75) is 25.0 Å². The van der Waals surface area contributed by atoms with E-state index in [4.69, 9.17) is 0 Å². The van der Waals surface area contributed by atoms with Crippen LogP contribution in [-0.4, -0.2) is 30.8 Å². The summed E-state index contributed by atoms with van der Waals surface area (Å²) in [7, 11) is 0. The Kier molecular flexibility index (Phi) is 6.14. The number of benzene rings is 3. The lowest BCUT2D eigenvalue weighted by Crippen LogP contribution is -2.24. The highest BCUT2D eigenvalue weighted by molar-refractivity contribution is 7.99. The van der Waals surface area contributed by atoms with Crippen LogP contribution in [0.25, 0.3) is 16.7 Å². The molecule has 0 saturated heterocycles. The van der Waals surface area contributed by atoms with Crippen molar-refractivity contribution >= 4 is 40.0 Å². The number of carbonyl (C=O) groups excluding carboxylic acids is 1. The number of rotatable bonds is 7. The third-order valence-electron chi connectivity index (χ3n) is 5.67. The van der Waals surface area contributed by atoms with Crippen molar-refractivity contribution in [3.63, 3.8) is 0 Å². The van der Waals surface area contributed by atoms with Gasteiger partial charge in [-0.25, -0.2) is 0 Å². The molecule has 0 atom stereocenters. The van der Waals surface area contributed by atoms with Crippen molar-refractivity contribution in [1.29, 1.82) is 0 Å². The summed E-state index contributed by atoms with van der Waals surface area (Å²) in [6.07, 6.45) is 0.837. The van der Waals surface area contributed by atoms with Crippen LogP contribution in [0.15, 0.2) is 88.8 Å². The van der Waals surface area contributed by atoms with Crippen LogP contribution in [0.4, 0.5) is 5.69 Å². The summed E-state index contributed by atoms with van der Waals surface area (Å²) in [4.78, 5) is 26.0. The van der Waals surface area contributed by atoms with Gasteiger partial charge in [0.2, 0.25) is 11.7 Å². The van der Waals surface area contributed by atoms with E-state index in [9.17, 15) is 9.59 Å². The summed E-state index contributed by atoms with van der Waals surface area (Å²) in [5.41, 5.74) is 3.50. The lowest BCUT2D eigenvalue weighted by Gasteiger charge is -2.12. The summed E-state index contributed by atoms with van der Waals surface area (Å²) in [6.45, 7) is 2.44. The van der Waals surface area contributed by atoms with Crippen molar-refractivity contribution in [1.82, 2.24) is 19.2 Å². The number of fused-ring (bicyclic) bond motifs is 3. The van der Waals surface area contributed by atoms with E-state index < -0.39 is 0 Å². The minimum atomic E-state index is -0.121. The van der Waals surface area contributed by atoms with E-state index in [1.54, 1.807) is 10.6 Å². The number of anilines is 1. The molecule has 0 bridgehead atoms. The molecule has 0 aliphatic carbocycles. The number of nitrogens with one attached hydrogen (secondary N) is 1. The van der Waals surface area contributed by atoms with Gasteiger partial charge in [0.15, 0.2) is 5.16 Å². The first-order chi connectivity index (χ1) is 16.7. The van der Waals surface area contributed by atoms with E-state index in [0.29, 0.717) is 22.9 Å². The number of hydrogen-bond donors (Lipinski definition) is 1. The fourth-order valence-corrected chi connectivity index (χ4v) is 4.74. The molecule has 0 unspecified atom stereocenters. The molecule has 0 aliphatic heterocycles. The third-order valence-corrected chi connectivity index (χ3v) is 6.60. The number of carbonyl (C=O) groups is 1. The van der Waals surface area contributed by atoms with Crippen molar-refractivity contribution < 1.29 is 4.79 Å². The van der Waals surface area contributed by atoms with Gasteiger partial charge in [-0.2, -0.15) is 0 Å². The highest BCUT2D eigenvalue weighted by Gasteiger charge is 2.18. The first kappa shape index (κ1) is 21.9. The van der Waals surface area contributed by atoms with Gasteiger partial charge in [-0.3, -0.25) is 18.6 Å². The molecule has 0 radical (unpaired) electrons. The average molecular weight is 470 g/mol. The molecule has 2 aromatic heterocycles. The number of thioether (sulfide) groups is 1. The van der Waals surface area contributed by atoms with Gasteiger partial charge >= 0.3 is 0 Å². The van der Waals surface area contributed by atoms with Gasteiger partial charge < -0.3 is 5.32 Å². The lowest BCUT2D eigenvalue weighted by molar-refractivity contribution is -0.113. The summed E-state index contributed by atoms with van der Waals surface area (Å²) >= 11 is 1.30.